The molecule has 2 fully saturated rings. The number of aromatic nitrogens is 2. The number of hydrogen-bond acceptors (Lipinski definition) is 7. The van der Waals surface area contributed by atoms with Gasteiger partial charge in [0, 0.05) is 56.2 Å². The SMILES string of the molecule is O=C1CN(Cc2nc(-c3ccccc3)cs2)CC(OCc2cccnc2)CN1CC1CCOCC1. The van der Waals surface area contributed by atoms with Gasteiger partial charge in [0.05, 0.1) is 31.5 Å². The molecule has 2 saturated heterocycles. The first-order valence-corrected chi connectivity index (χ1v) is 13.2. The van der Waals surface area contributed by atoms with E-state index in [-0.39, 0.29) is 12.0 Å². The summed E-state index contributed by atoms with van der Waals surface area (Å²) in [6.45, 7) is 5.16. The molecule has 4 heterocycles. The van der Waals surface area contributed by atoms with Crippen molar-refractivity contribution in [3.8, 4) is 11.3 Å². The Morgan fingerprint density at radius 2 is 1.94 bits per heavy atom. The van der Waals surface area contributed by atoms with Gasteiger partial charge in [-0.05, 0) is 30.4 Å². The number of carbonyl (C=O) groups excluding carboxylic acids is 1. The predicted octanol–water partition coefficient (Wildman–Crippen LogP) is 3.86. The highest BCUT2D eigenvalue weighted by atomic mass is 32.1. The van der Waals surface area contributed by atoms with E-state index in [9.17, 15) is 4.79 Å². The number of benzene rings is 1. The Morgan fingerprint density at radius 3 is 2.74 bits per heavy atom. The molecule has 1 unspecified atom stereocenters. The number of carbonyl (C=O) groups is 1. The van der Waals surface area contributed by atoms with Crippen LogP contribution in [0.15, 0.2) is 60.2 Å². The second-order valence-electron chi connectivity index (χ2n) is 9.31. The van der Waals surface area contributed by atoms with Crippen molar-refractivity contribution >= 4 is 17.2 Å². The Hall–Kier alpha value is -2.65. The quantitative estimate of drug-likeness (QED) is 0.476. The van der Waals surface area contributed by atoms with Crippen molar-refractivity contribution in [2.75, 3.05) is 39.4 Å². The highest BCUT2D eigenvalue weighted by Gasteiger charge is 2.31. The third kappa shape index (κ3) is 6.73. The average molecular weight is 493 g/mol. The summed E-state index contributed by atoms with van der Waals surface area (Å²) in [7, 11) is 0. The minimum Gasteiger partial charge on any atom is -0.381 e. The summed E-state index contributed by atoms with van der Waals surface area (Å²) >= 11 is 1.65. The first-order valence-electron chi connectivity index (χ1n) is 12.3. The maximum atomic E-state index is 13.3. The fraction of sp³-hybridized carbons (Fsp3) is 0.444. The van der Waals surface area contributed by atoms with Crippen LogP contribution in [0.1, 0.15) is 23.4 Å². The highest BCUT2D eigenvalue weighted by molar-refractivity contribution is 7.09. The second kappa shape index (κ2) is 11.9. The second-order valence-corrected chi connectivity index (χ2v) is 10.3. The van der Waals surface area contributed by atoms with Gasteiger partial charge in [0.2, 0.25) is 5.91 Å². The smallest absolute Gasteiger partial charge is 0.236 e. The third-order valence-electron chi connectivity index (χ3n) is 6.61. The maximum Gasteiger partial charge on any atom is 0.236 e. The molecule has 35 heavy (non-hydrogen) atoms. The molecule has 7 nitrogen and oxygen atoms in total. The largest absolute Gasteiger partial charge is 0.381 e. The molecule has 0 N–H and O–H groups in total. The topological polar surface area (TPSA) is 67.8 Å². The van der Waals surface area contributed by atoms with Crippen molar-refractivity contribution in [2.45, 2.75) is 32.1 Å². The third-order valence-corrected chi connectivity index (χ3v) is 7.44. The molecule has 1 amide bonds. The van der Waals surface area contributed by atoms with Crippen LogP contribution >= 0.6 is 11.3 Å². The van der Waals surface area contributed by atoms with E-state index in [2.05, 4.69) is 27.4 Å². The molecule has 0 spiro atoms. The van der Waals surface area contributed by atoms with Crippen LogP contribution in [0.5, 0.6) is 0 Å². The van der Waals surface area contributed by atoms with E-state index in [0.29, 0.717) is 38.7 Å². The normalized spacial score (nSPS) is 20.2. The Balaban J connectivity index is 1.28. The highest BCUT2D eigenvalue weighted by Crippen LogP contribution is 2.24. The molecule has 184 valence electrons. The molecule has 5 rings (SSSR count). The number of hydrogen-bond donors (Lipinski definition) is 0. The summed E-state index contributed by atoms with van der Waals surface area (Å²) in [4.78, 5) is 26.6. The molecule has 2 aliphatic rings. The molecule has 2 aromatic heterocycles. The molecule has 1 aromatic carbocycles. The van der Waals surface area contributed by atoms with Crippen LogP contribution < -0.4 is 0 Å². The minimum atomic E-state index is -0.0740. The number of ether oxygens (including phenoxy) is 2. The van der Waals surface area contributed by atoms with Gasteiger partial charge in [0.1, 0.15) is 5.01 Å². The standard InChI is InChI=1S/C27H32N4O3S/c32-27-18-30(17-26-29-25(20-35-26)23-6-2-1-3-7-23)15-24(34-19-22-5-4-10-28-13-22)16-31(27)14-21-8-11-33-12-9-21/h1-7,10,13,20-21,24H,8-9,11-12,14-19H2. The number of rotatable bonds is 8. The summed E-state index contributed by atoms with van der Waals surface area (Å²) in [5.41, 5.74) is 3.14. The zero-order valence-corrected chi connectivity index (χ0v) is 20.7. The zero-order valence-electron chi connectivity index (χ0n) is 19.9. The van der Waals surface area contributed by atoms with Crippen LogP contribution in [-0.2, 0) is 27.4 Å². The van der Waals surface area contributed by atoms with Gasteiger partial charge in [0.25, 0.3) is 0 Å². The maximum absolute atomic E-state index is 13.3. The lowest BCUT2D eigenvalue weighted by molar-refractivity contribution is -0.133. The van der Waals surface area contributed by atoms with Crippen molar-refractivity contribution in [3.63, 3.8) is 0 Å². The fourth-order valence-corrected chi connectivity index (χ4v) is 5.55. The van der Waals surface area contributed by atoms with Gasteiger partial charge >= 0.3 is 0 Å². The Labute approximate surface area is 210 Å². The van der Waals surface area contributed by atoms with E-state index >= 15 is 0 Å². The number of amides is 1. The molecule has 0 aliphatic carbocycles. The predicted molar refractivity (Wildman–Crippen MR) is 136 cm³/mol. The van der Waals surface area contributed by atoms with Crippen molar-refractivity contribution < 1.29 is 14.3 Å². The van der Waals surface area contributed by atoms with E-state index in [1.54, 1.807) is 17.5 Å². The molecule has 2 aliphatic heterocycles. The lowest BCUT2D eigenvalue weighted by Gasteiger charge is -2.30. The number of thiazole rings is 1. The van der Waals surface area contributed by atoms with E-state index in [4.69, 9.17) is 14.5 Å². The summed E-state index contributed by atoms with van der Waals surface area (Å²) < 4.78 is 11.9. The minimum absolute atomic E-state index is 0.0740. The number of nitrogens with zero attached hydrogens (tertiary/aromatic N) is 4. The van der Waals surface area contributed by atoms with Crippen LogP contribution in [0, 0.1) is 5.92 Å². The molecule has 1 atom stereocenters. The molecular weight excluding hydrogens is 460 g/mol. The van der Waals surface area contributed by atoms with Crippen LogP contribution in [0.4, 0.5) is 0 Å². The van der Waals surface area contributed by atoms with E-state index in [0.717, 1.165) is 54.4 Å². The molecular formula is C27H32N4O3S. The summed E-state index contributed by atoms with van der Waals surface area (Å²) in [5, 5.41) is 3.11. The van der Waals surface area contributed by atoms with Crippen LogP contribution in [0.25, 0.3) is 11.3 Å². The Morgan fingerprint density at radius 1 is 1.09 bits per heavy atom. The van der Waals surface area contributed by atoms with E-state index in [1.165, 1.54) is 0 Å². The first kappa shape index (κ1) is 24.1. The van der Waals surface area contributed by atoms with E-state index < -0.39 is 0 Å². The molecule has 8 heteroatoms. The summed E-state index contributed by atoms with van der Waals surface area (Å²) in [6.07, 6.45) is 5.55. The Kier molecular flexibility index (Phi) is 8.15. The van der Waals surface area contributed by atoms with Gasteiger partial charge in [0.15, 0.2) is 0 Å². The summed E-state index contributed by atoms with van der Waals surface area (Å²) in [6, 6.07) is 14.2. The van der Waals surface area contributed by atoms with Crippen LogP contribution in [-0.4, -0.2) is 71.2 Å². The van der Waals surface area contributed by atoms with Gasteiger partial charge in [-0.15, -0.1) is 11.3 Å². The van der Waals surface area contributed by atoms with Crippen molar-refractivity contribution in [1.82, 2.24) is 19.8 Å². The van der Waals surface area contributed by atoms with Crippen molar-refractivity contribution in [3.05, 3.63) is 70.8 Å². The van der Waals surface area contributed by atoms with Gasteiger partial charge in [-0.2, -0.15) is 0 Å². The van der Waals surface area contributed by atoms with Crippen molar-refractivity contribution in [2.24, 2.45) is 5.92 Å². The van der Waals surface area contributed by atoms with Crippen LogP contribution in [0.2, 0.25) is 0 Å². The Bertz CT molecular complexity index is 1070. The molecule has 0 radical (unpaired) electrons. The molecule has 0 saturated carbocycles. The van der Waals surface area contributed by atoms with Gasteiger partial charge in [-0.1, -0.05) is 36.4 Å². The average Bonchev–Trinajstić information content (AvgIpc) is 3.31. The van der Waals surface area contributed by atoms with Crippen LogP contribution in [0.3, 0.4) is 0 Å². The molecule has 3 aromatic rings. The van der Waals surface area contributed by atoms with E-state index in [1.807, 2.05) is 41.4 Å². The van der Waals surface area contributed by atoms with Gasteiger partial charge < -0.3 is 14.4 Å². The van der Waals surface area contributed by atoms with Gasteiger partial charge in [-0.3, -0.25) is 14.7 Å². The summed E-state index contributed by atoms with van der Waals surface area (Å²) in [5.74, 6) is 0.662. The fourth-order valence-electron chi connectivity index (χ4n) is 4.71. The molecule has 0 bridgehead atoms. The van der Waals surface area contributed by atoms with Crippen molar-refractivity contribution in [1.29, 1.82) is 0 Å². The monoisotopic (exact) mass is 492 g/mol. The lowest BCUT2D eigenvalue weighted by atomic mass is 9.99. The number of pyridine rings is 1. The lowest BCUT2D eigenvalue weighted by Crippen LogP contribution is -2.42. The zero-order chi connectivity index (χ0) is 23.9. The van der Waals surface area contributed by atoms with Gasteiger partial charge in [-0.25, -0.2) is 4.98 Å². The first-order chi connectivity index (χ1) is 17.2.